The van der Waals surface area contributed by atoms with Crippen LogP contribution in [0.4, 0.5) is 13.2 Å². The van der Waals surface area contributed by atoms with Crippen molar-refractivity contribution in [3.63, 3.8) is 0 Å². The second-order valence-electron chi connectivity index (χ2n) is 3.34. The molecule has 1 fully saturated rings. The van der Waals surface area contributed by atoms with Gasteiger partial charge < -0.3 is 10.4 Å². The number of aliphatic hydroxyl groups excluding tert-OH is 1. The summed E-state index contributed by atoms with van der Waals surface area (Å²) in [6.45, 7) is 0.822. The lowest BCUT2D eigenvalue weighted by molar-refractivity contribution is -0.240. The molecule has 5 heteroatoms. The van der Waals surface area contributed by atoms with Crippen LogP contribution in [0.15, 0.2) is 0 Å². The first kappa shape index (κ1) is 9.80. The van der Waals surface area contributed by atoms with Crippen LogP contribution in [0.2, 0.25) is 0 Å². The normalized spacial score (nSPS) is 37.2. The van der Waals surface area contributed by atoms with E-state index in [1.807, 2.05) is 0 Å². The van der Waals surface area contributed by atoms with Crippen LogP contribution in [-0.2, 0) is 0 Å². The van der Waals surface area contributed by atoms with E-state index in [0.29, 0.717) is 6.54 Å². The van der Waals surface area contributed by atoms with E-state index in [1.165, 1.54) is 6.92 Å². The fourth-order valence-electron chi connectivity index (χ4n) is 1.56. The number of halogens is 3. The van der Waals surface area contributed by atoms with Gasteiger partial charge in [0, 0.05) is 6.54 Å². The van der Waals surface area contributed by atoms with Gasteiger partial charge in [-0.3, -0.25) is 0 Å². The highest BCUT2D eigenvalue weighted by atomic mass is 19.4. The monoisotopic (exact) mass is 183 g/mol. The topological polar surface area (TPSA) is 32.3 Å². The largest absolute Gasteiger partial charge is 0.398 e. The Morgan fingerprint density at radius 1 is 1.58 bits per heavy atom. The molecule has 2 nitrogen and oxygen atoms in total. The smallest absolute Gasteiger partial charge is 0.395 e. The maximum Gasteiger partial charge on any atom is 0.398 e. The fourth-order valence-corrected chi connectivity index (χ4v) is 1.56. The molecule has 0 spiro atoms. The summed E-state index contributed by atoms with van der Waals surface area (Å²) in [5.41, 5.74) is -1.92. The van der Waals surface area contributed by atoms with E-state index in [-0.39, 0.29) is 6.54 Å². The van der Waals surface area contributed by atoms with Crippen molar-refractivity contribution in [2.45, 2.75) is 13.1 Å². The minimum Gasteiger partial charge on any atom is -0.395 e. The van der Waals surface area contributed by atoms with Crippen molar-refractivity contribution in [3.05, 3.63) is 0 Å². The van der Waals surface area contributed by atoms with Crippen LogP contribution in [0.5, 0.6) is 0 Å². The van der Waals surface area contributed by atoms with E-state index in [4.69, 9.17) is 5.11 Å². The fraction of sp³-hybridized carbons (Fsp3) is 1.00. The van der Waals surface area contributed by atoms with Gasteiger partial charge in [0.1, 0.15) is 5.41 Å². The van der Waals surface area contributed by atoms with Crippen molar-refractivity contribution in [1.82, 2.24) is 5.32 Å². The number of aliphatic hydroxyl groups is 1. The first-order chi connectivity index (χ1) is 5.44. The van der Waals surface area contributed by atoms with E-state index in [0.717, 1.165) is 0 Å². The number of nitrogens with one attached hydrogen (secondary N) is 1. The third-order valence-corrected chi connectivity index (χ3v) is 2.68. The molecule has 0 aromatic heterocycles. The van der Waals surface area contributed by atoms with Crippen LogP contribution in [0.25, 0.3) is 0 Å². The summed E-state index contributed by atoms with van der Waals surface area (Å²) < 4.78 is 37.4. The molecule has 0 aromatic carbocycles. The van der Waals surface area contributed by atoms with Gasteiger partial charge in [0.25, 0.3) is 0 Å². The molecular weight excluding hydrogens is 171 g/mol. The average Bonchev–Trinajstić information content (AvgIpc) is 2.30. The zero-order valence-electron chi connectivity index (χ0n) is 6.78. The quantitative estimate of drug-likeness (QED) is 0.629. The molecule has 0 bridgehead atoms. The maximum absolute atomic E-state index is 12.5. The highest BCUT2D eigenvalue weighted by Gasteiger charge is 2.59. The molecule has 0 aromatic rings. The molecule has 0 amide bonds. The summed E-state index contributed by atoms with van der Waals surface area (Å²) in [7, 11) is 0. The maximum atomic E-state index is 12.5. The zero-order chi connectivity index (χ0) is 9.41. The molecule has 1 heterocycles. The first-order valence-corrected chi connectivity index (χ1v) is 3.82. The number of alkyl halides is 3. The Kier molecular flexibility index (Phi) is 2.35. The van der Waals surface area contributed by atoms with E-state index < -0.39 is 24.1 Å². The van der Waals surface area contributed by atoms with Gasteiger partial charge in [-0.2, -0.15) is 13.2 Å². The standard InChI is InChI=1S/C7H12F3NO/c1-5-2-11-3-6(5,4-12)7(8,9)10/h5,11-12H,2-4H2,1H3/t5-,6+/m0/s1. The first-order valence-electron chi connectivity index (χ1n) is 3.82. The molecule has 72 valence electrons. The minimum atomic E-state index is -4.31. The van der Waals surface area contributed by atoms with Gasteiger partial charge in [-0.25, -0.2) is 0 Å². The Morgan fingerprint density at radius 3 is 2.33 bits per heavy atom. The van der Waals surface area contributed by atoms with Crippen molar-refractivity contribution in [2.24, 2.45) is 11.3 Å². The number of rotatable bonds is 1. The molecule has 1 aliphatic rings. The van der Waals surface area contributed by atoms with Gasteiger partial charge in [0.15, 0.2) is 0 Å². The average molecular weight is 183 g/mol. The van der Waals surface area contributed by atoms with Gasteiger partial charge >= 0.3 is 6.18 Å². The molecule has 12 heavy (non-hydrogen) atoms. The zero-order valence-corrected chi connectivity index (χ0v) is 6.78. The predicted octanol–water partition coefficient (Wildman–Crippen LogP) is 0.767. The lowest BCUT2D eigenvalue weighted by atomic mass is 9.79. The van der Waals surface area contributed by atoms with Crippen LogP contribution in [0.1, 0.15) is 6.92 Å². The number of hydrogen-bond donors (Lipinski definition) is 2. The molecule has 1 aliphatic heterocycles. The second-order valence-corrected chi connectivity index (χ2v) is 3.34. The van der Waals surface area contributed by atoms with Gasteiger partial charge in [-0.05, 0) is 12.5 Å². The van der Waals surface area contributed by atoms with E-state index in [2.05, 4.69) is 5.32 Å². The molecule has 0 unspecified atom stereocenters. The van der Waals surface area contributed by atoms with Crippen molar-refractivity contribution in [2.75, 3.05) is 19.7 Å². The van der Waals surface area contributed by atoms with Gasteiger partial charge in [0.05, 0.1) is 6.61 Å². The molecule has 1 saturated heterocycles. The molecule has 2 N–H and O–H groups in total. The summed E-state index contributed by atoms with van der Waals surface area (Å²) >= 11 is 0. The molecular formula is C7H12F3NO. The van der Waals surface area contributed by atoms with Gasteiger partial charge in [-0.15, -0.1) is 0 Å². The van der Waals surface area contributed by atoms with Crippen LogP contribution in [0.3, 0.4) is 0 Å². The third kappa shape index (κ3) is 1.21. The summed E-state index contributed by atoms with van der Waals surface area (Å²) in [5.74, 6) is -0.553. The summed E-state index contributed by atoms with van der Waals surface area (Å²) in [4.78, 5) is 0. The van der Waals surface area contributed by atoms with Crippen LogP contribution in [0, 0.1) is 11.3 Å². The van der Waals surface area contributed by atoms with Crippen molar-refractivity contribution in [3.8, 4) is 0 Å². The SMILES string of the molecule is C[C@H]1CNC[C@]1(CO)C(F)(F)F. The van der Waals surface area contributed by atoms with Crippen LogP contribution in [-0.4, -0.2) is 31.0 Å². The summed E-state index contributed by atoms with van der Waals surface area (Å²) in [5, 5.41) is 11.4. The van der Waals surface area contributed by atoms with Crippen molar-refractivity contribution >= 4 is 0 Å². The molecule has 1 rings (SSSR count). The number of hydrogen-bond acceptors (Lipinski definition) is 2. The van der Waals surface area contributed by atoms with E-state index >= 15 is 0 Å². The molecule has 2 atom stereocenters. The van der Waals surface area contributed by atoms with Crippen molar-refractivity contribution < 1.29 is 18.3 Å². The minimum absolute atomic E-state index is 0.172. The van der Waals surface area contributed by atoms with E-state index in [9.17, 15) is 13.2 Å². The highest BCUT2D eigenvalue weighted by molar-refractivity contribution is 4.97. The Labute approximate surface area is 68.8 Å². The van der Waals surface area contributed by atoms with Crippen molar-refractivity contribution in [1.29, 1.82) is 0 Å². The summed E-state index contributed by atoms with van der Waals surface area (Å²) in [6.07, 6.45) is -4.31. The Hall–Kier alpha value is -0.290. The van der Waals surface area contributed by atoms with Crippen LogP contribution >= 0.6 is 0 Å². The van der Waals surface area contributed by atoms with Gasteiger partial charge in [0.2, 0.25) is 0 Å². The summed E-state index contributed by atoms with van der Waals surface area (Å²) in [6, 6.07) is 0. The lowest BCUT2D eigenvalue weighted by Gasteiger charge is -2.32. The van der Waals surface area contributed by atoms with Gasteiger partial charge in [-0.1, -0.05) is 6.92 Å². The van der Waals surface area contributed by atoms with E-state index in [1.54, 1.807) is 0 Å². The Bertz CT molecular complexity index is 171. The Balaban J connectivity index is 2.89. The Morgan fingerprint density at radius 2 is 2.17 bits per heavy atom. The lowest BCUT2D eigenvalue weighted by Crippen LogP contribution is -2.46. The second kappa shape index (κ2) is 2.88. The highest BCUT2D eigenvalue weighted by Crippen LogP contribution is 2.45. The third-order valence-electron chi connectivity index (χ3n) is 2.68. The molecule has 0 aliphatic carbocycles. The molecule has 0 saturated carbocycles. The molecule has 0 radical (unpaired) electrons. The predicted molar refractivity (Wildman–Crippen MR) is 37.6 cm³/mol. The van der Waals surface area contributed by atoms with Crippen LogP contribution < -0.4 is 5.32 Å².